The van der Waals surface area contributed by atoms with Crippen molar-refractivity contribution < 1.29 is 14.6 Å². The van der Waals surface area contributed by atoms with Crippen molar-refractivity contribution in [3.63, 3.8) is 0 Å². The van der Waals surface area contributed by atoms with Crippen LogP contribution in [0.5, 0.6) is 5.75 Å². The van der Waals surface area contributed by atoms with Crippen molar-refractivity contribution in [1.29, 1.82) is 0 Å². The first-order valence-electron chi connectivity index (χ1n) is 5.61. The highest BCUT2D eigenvalue weighted by molar-refractivity contribution is 7.10. The summed E-state index contributed by atoms with van der Waals surface area (Å²) >= 11 is 13.4. The minimum atomic E-state index is -0.972. The summed E-state index contributed by atoms with van der Waals surface area (Å²) in [4.78, 5) is 11.4. The third kappa shape index (κ3) is 4.27. The number of hydrogen-bond acceptors (Lipinski definition) is 3. The van der Waals surface area contributed by atoms with E-state index in [0.29, 0.717) is 22.4 Å². The van der Waals surface area contributed by atoms with E-state index in [1.165, 1.54) is 17.4 Å². The molecule has 0 amide bonds. The molecule has 1 N–H and O–H groups in total. The smallest absolute Gasteiger partial charge is 0.328 e. The molecule has 0 fully saturated rings. The Hall–Kier alpha value is -1.49. The maximum Gasteiger partial charge on any atom is 0.328 e. The molecule has 0 spiro atoms. The van der Waals surface area contributed by atoms with Crippen LogP contribution in [0.2, 0.25) is 10.0 Å². The number of benzene rings is 1. The molecule has 1 aromatic carbocycles. The summed E-state index contributed by atoms with van der Waals surface area (Å²) in [6.45, 7) is 0.353. The van der Waals surface area contributed by atoms with Crippen molar-refractivity contribution in [2.24, 2.45) is 0 Å². The molecule has 2 rings (SSSR count). The molecule has 0 unspecified atom stereocenters. The fourth-order valence-corrected chi connectivity index (χ4v) is 2.56. The molecular formula is C14H10Cl2O3S. The van der Waals surface area contributed by atoms with Gasteiger partial charge in [0, 0.05) is 22.0 Å². The van der Waals surface area contributed by atoms with Crippen LogP contribution in [-0.4, -0.2) is 11.1 Å². The van der Waals surface area contributed by atoms with Gasteiger partial charge in [0.05, 0.1) is 5.02 Å². The largest absolute Gasteiger partial charge is 0.486 e. The predicted molar refractivity (Wildman–Crippen MR) is 81.8 cm³/mol. The molecule has 0 aliphatic carbocycles. The van der Waals surface area contributed by atoms with Crippen LogP contribution in [-0.2, 0) is 11.4 Å². The van der Waals surface area contributed by atoms with E-state index < -0.39 is 5.97 Å². The Balaban J connectivity index is 2.01. The Bertz CT molecular complexity index is 650. The van der Waals surface area contributed by atoms with Crippen molar-refractivity contribution in [2.75, 3.05) is 0 Å². The number of rotatable bonds is 5. The van der Waals surface area contributed by atoms with Gasteiger partial charge in [-0.1, -0.05) is 23.2 Å². The molecule has 1 heterocycles. The third-order valence-electron chi connectivity index (χ3n) is 2.36. The van der Waals surface area contributed by atoms with E-state index in [1.54, 1.807) is 18.2 Å². The Morgan fingerprint density at radius 2 is 2.15 bits per heavy atom. The van der Waals surface area contributed by atoms with Crippen LogP contribution in [0.4, 0.5) is 0 Å². The number of halogens is 2. The topological polar surface area (TPSA) is 46.5 Å². The molecular weight excluding hydrogens is 319 g/mol. The Labute approximate surface area is 130 Å². The van der Waals surface area contributed by atoms with E-state index in [9.17, 15) is 4.79 Å². The maximum absolute atomic E-state index is 10.4. The number of ether oxygens (including phenoxy) is 1. The lowest BCUT2D eigenvalue weighted by Gasteiger charge is -2.06. The van der Waals surface area contributed by atoms with Gasteiger partial charge in [0.15, 0.2) is 0 Å². The second kappa shape index (κ2) is 6.79. The molecule has 0 aliphatic heterocycles. The first kappa shape index (κ1) is 14.9. The summed E-state index contributed by atoms with van der Waals surface area (Å²) < 4.78 is 5.60. The van der Waals surface area contributed by atoms with Crippen molar-refractivity contribution in [2.45, 2.75) is 6.61 Å². The fourth-order valence-electron chi connectivity index (χ4n) is 1.46. The van der Waals surface area contributed by atoms with Gasteiger partial charge in [-0.3, -0.25) is 0 Å². The van der Waals surface area contributed by atoms with E-state index >= 15 is 0 Å². The van der Waals surface area contributed by atoms with Crippen molar-refractivity contribution in [1.82, 2.24) is 0 Å². The first-order valence-corrected chi connectivity index (χ1v) is 7.24. The Morgan fingerprint density at radius 3 is 2.90 bits per heavy atom. The second-order valence-corrected chi connectivity index (χ2v) is 5.72. The lowest BCUT2D eigenvalue weighted by molar-refractivity contribution is -0.131. The van der Waals surface area contributed by atoms with Gasteiger partial charge in [-0.25, -0.2) is 4.79 Å². The third-order valence-corrected chi connectivity index (χ3v) is 3.83. The van der Waals surface area contributed by atoms with Crippen molar-refractivity contribution in [3.8, 4) is 5.75 Å². The average molecular weight is 329 g/mol. The number of carbonyl (C=O) groups is 1. The van der Waals surface area contributed by atoms with Crippen molar-refractivity contribution >= 4 is 46.6 Å². The summed E-state index contributed by atoms with van der Waals surface area (Å²) in [7, 11) is 0. The summed E-state index contributed by atoms with van der Waals surface area (Å²) in [6, 6.07) is 6.89. The highest BCUT2D eigenvalue weighted by Crippen LogP contribution is 2.29. The molecule has 0 bridgehead atoms. The maximum atomic E-state index is 10.4. The van der Waals surface area contributed by atoms with E-state index in [0.717, 1.165) is 16.5 Å². The molecule has 6 heteroatoms. The quantitative estimate of drug-likeness (QED) is 0.807. The molecule has 0 atom stereocenters. The van der Waals surface area contributed by atoms with Gasteiger partial charge >= 0.3 is 5.97 Å². The standard InChI is InChI=1S/C14H10Cl2O3S/c15-10-2-3-12(16)13(6-10)19-7-11-5-9(8-20-11)1-4-14(17)18/h1-6,8H,7H2,(H,17,18). The van der Waals surface area contributed by atoms with Crippen molar-refractivity contribution in [3.05, 3.63) is 56.2 Å². The van der Waals surface area contributed by atoms with Gasteiger partial charge in [-0.15, -0.1) is 11.3 Å². The van der Waals surface area contributed by atoms with Gasteiger partial charge in [0.2, 0.25) is 0 Å². The lowest BCUT2D eigenvalue weighted by atomic mass is 10.3. The number of carboxylic acid groups (broad SMARTS) is 1. The summed E-state index contributed by atoms with van der Waals surface area (Å²) in [6.07, 6.45) is 2.63. The monoisotopic (exact) mass is 328 g/mol. The average Bonchev–Trinajstić information content (AvgIpc) is 2.85. The zero-order valence-corrected chi connectivity index (χ0v) is 12.5. The minimum Gasteiger partial charge on any atom is -0.486 e. The molecule has 0 aliphatic rings. The minimum absolute atomic E-state index is 0.353. The van der Waals surface area contributed by atoms with E-state index in [4.69, 9.17) is 33.0 Å². The molecule has 0 saturated heterocycles. The van der Waals surface area contributed by atoms with Gasteiger partial charge in [0.1, 0.15) is 12.4 Å². The van der Waals surface area contributed by atoms with Crippen LogP contribution in [0.3, 0.4) is 0 Å². The molecule has 3 nitrogen and oxygen atoms in total. The summed E-state index contributed by atoms with van der Waals surface area (Å²) in [5, 5.41) is 11.5. The van der Waals surface area contributed by atoms with E-state index in [-0.39, 0.29) is 0 Å². The van der Waals surface area contributed by atoms with Crippen LogP contribution in [0.25, 0.3) is 6.08 Å². The predicted octanol–water partition coefficient (Wildman–Crippen LogP) is 4.73. The molecule has 104 valence electrons. The van der Waals surface area contributed by atoms with Gasteiger partial charge in [-0.2, -0.15) is 0 Å². The molecule has 0 radical (unpaired) electrons. The van der Waals surface area contributed by atoms with Crippen LogP contribution in [0.15, 0.2) is 35.7 Å². The number of aliphatic carboxylic acids is 1. The van der Waals surface area contributed by atoms with Crippen LogP contribution < -0.4 is 4.74 Å². The summed E-state index contributed by atoms with van der Waals surface area (Å²) in [5.41, 5.74) is 0.827. The van der Waals surface area contributed by atoms with Crippen LogP contribution >= 0.6 is 34.5 Å². The van der Waals surface area contributed by atoms with E-state index in [1.807, 2.05) is 11.4 Å². The Kier molecular flexibility index (Phi) is 5.06. The fraction of sp³-hybridized carbons (Fsp3) is 0.0714. The summed E-state index contributed by atoms with van der Waals surface area (Å²) in [5.74, 6) is -0.449. The van der Waals surface area contributed by atoms with Gasteiger partial charge in [0.25, 0.3) is 0 Å². The SMILES string of the molecule is O=C(O)C=Cc1csc(COc2cc(Cl)ccc2Cl)c1. The number of hydrogen-bond donors (Lipinski definition) is 1. The lowest BCUT2D eigenvalue weighted by Crippen LogP contribution is -1.93. The molecule has 20 heavy (non-hydrogen) atoms. The highest BCUT2D eigenvalue weighted by atomic mass is 35.5. The molecule has 0 saturated carbocycles. The van der Waals surface area contributed by atoms with Gasteiger partial charge < -0.3 is 9.84 Å². The number of thiophene rings is 1. The number of carboxylic acids is 1. The zero-order chi connectivity index (χ0) is 14.5. The zero-order valence-electron chi connectivity index (χ0n) is 10.2. The van der Waals surface area contributed by atoms with E-state index in [2.05, 4.69) is 0 Å². The normalized spacial score (nSPS) is 10.9. The van der Waals surface area contributed by atoms with Crippen LogP contribution in [0.1, 0.15) is 10.4 Å². The van der Waals surface area contributed by atoms with Crippen LogP contribution in [0, 0.1) is 0 Å². The molecule has 2 aromatic rings. The highest BCUT2D eigenvalue weighted by Gasteiger charge is 2.04. The molecule has 1 aromatic heterocycles. The first-order chi connectivity index (χ1) is 9.54. The second-order valence-electron chi connectivity index (χ2n) is 3.88. The Morgan fingerprint density at radius 1 is 1.35 bits per heavy atom. The van der Waals surface area contributed by atoms with Gasteiger partial charge in [-0.05, 0) is 35.2 Å².